The first-order valence-corrected chi connectivity index (χ1v) is 3.59. The fourth-order valence-electron chi connectivity index (χ4n) is 0.692. The Morgan fingerprint density at radius 1 is 1.36 bits per heavy atom. The Morgan fingerprint density at radius 2 is 1.86 bits per heavy atom. The van der Waals surface area contributed by atoms with E-state index in [0.29, 0.717) is 5.56 Å². The average molecular weight is 200 g/mol. The number of aromatic amines is 1. The van der Waals surface area contributed by atoms with Gasteiger partial charge in [-0.2, -0.15) is 0 Å². The zero-order chi connectivity index (χ0) is 11.1. The molecule has 1 aromatic rings. The number of H-pyrrole nitrogens is 1. The van der Waals surface area contributed by atoms with Crippen LogP contribution in [0.15, 0.2) is 26.2 Å². The van der Waals surface area contributed by atoms with Gasteiger partial charge in [-0.15, -0.1) is 0 Å². The molecule has 8 heteroatoms. The van der Waals surface area contributed by atoms with Gasteiger partial charge >= 0.3 is 5.69 Å². The average Bonchev–Trinajstić information content (AvgIpc) is 2.15. The fourth-order valence-corrected chi connectivity index (χ4v) is 0.692. The van der Waals surface area contributed by atoms with Gasteiger partial charge in [0.1, 0.15) is 0 Å². The van der Waals surface area contributed by atoms with Gasteiger partial charge in [0.15, 0.2) is 0 Å². The van der Waals surface area contributed by atoms with E-state index >= 15 is 0 Å². The van der Waals surface area contributed by atoms with Crippen LogP contribution in [-0.2, 0) is 7.05 Å². The van der Waals surface area contributed by atoms with Crippen molar-refractivity contribution in [1.29, 1.82) is 0 Å². The van der Waals surface area contributed by atoms with E-state index in [1.807, 2.05) is 0 Å². The molecule has 0 aliphatic heterocycles. The number of aryl methyl sites for hydroxylation is 2. The van der Waals surface area contributed by atoms with E-state index in [4.69, 9.17) is 0 Å². The van der Waals surface area contributed by atoms with Gasteiger partial charge in [0.05, 0.1) is 0 Å². The molecule has 0 aliphatic carbocycles. The Bertz CT molecular complexity index is 382. The highest BCUT2D eigenvalue weighted by atomic mass is 16.2. The number of nitrogens with zero attached hydrogens (tertiary/aromatic N) is 3. The van der Waals surface area contributed by atoms with E-state index in [1.54, 1.807) is 14.0 Å². The summed E-state index contributed by atoms with van der Waals surface area (Å²) in [5, 5.41) is 5.28. The number of nitrogens with two attached hydrogens (primary N) is 2. The van der Waals surface area contributed by atoms with Crippen molar-refractivity contribution in [3.05, 3.63) is 32.6 Å². The second kappa shape index (κ2) is 5.51. The summed E-state index contributed by atoms with van der Waals surface area (Å²) in [5.41, 5.74) is -0.152. The smallest absolute Gasteiger partial charge is 0.303 e. The lowest BCUT2D eigenvalue weighted by atomic mass is 10.4. The van der Waals surface area contributed by atoms with Crippen LogP contribution in [0.1, 0.15) is 5.56 Å². The quantitative estimate of drug-likeness (QED) is 0.269. The first-order chi connectivity index (χ1) is 6.52. The zero-order valence-electron chi connectivity index (χ0n) is 7.89. The Kier molecular flexibility index (Phi) is 4.68. The minimum Gasteiger partial charge on any atom is -0.303 e. The highest BCUT2D eigenvalue weighted by Gasteiger charge is 1.93. The normalized spacial score (nSPS) is 9.57. The molecule has 8 nitrogen and oxygen atoms in total. The molecule has 78 valence electrons. The molecule has 1 rings (SSSR count). The molecule has 0 aliphatic rings. The first-order valence-electron chi connectivity index (χ1n) is 3.59. The maximum Gasteiger partial charge on any atom is 0.328 e. The third-order valence-corrected chi connectivity index (χ3v) is 1.35. The van der Waals surface area contributed by atoms with Gasteiger partial charge in [0.2, 0.25) is 0 Å². The van der Waals surface area contributed by atoms with Crippen LogP contribution in [0.2, 0.25) is 0 Å². The van der Waals surface area contributed by atoms with Crippen molar-refractivity contribution in [3.63, 3.8) is 0 Å². The molecule has 0 aromatic carbocycles. The van der Waals surface area contributed by atoms with Crippen molar-refractivity contribution < 1.29 is 0 Å². The lowest BCUT2D eigenvalue weighted by molar-refractivity contribution is 0.789. The van der Waals surface area contributed by atoms with Crippen molar-refractivity contribution in [1.82, 2.24) is 9.55 Å². The molecule has 0 amide bonds. The number of hydrogen-bond acceptors (Lipinski definition) is 4. The lowest BCUT2D eigenvalue weighted by Gasteiger charge is -1.94. The van der Waals surface area contributed by atoms with Crippen LogP contribution in [0.25, 0.3) is 0 Å². The maximum absolute atomic E-state index is 10.7. The van der Waals surface area contributed by atoms with Crippen LogP contribution < -0.4 is 22.9 Å². The maximum atomic E-state index is 10.7. The van der Waals surface area contributed by atoms with Crippen LogP contribution >= 0.6 is 0 Å². The summed E-state index contributed by atoms with van der Waals surface area (Å²) in [4.78, 5) is 23.6. The van der Waals surface area contributed by atoms with Crippen LogP contribution in [0.4, 0.5) is 0 Å². The molecule has 0 saturated carbocycles. The van der Waals surface area contributed by atoms with E-state index in [1.165, 1.54) is 10.8 Å². The van der Waals surface area contributed by atoms with Crippen molar-refractivity contribution in [3.8, 4) is 0 Å². The predicted octanol–water partition coefficient (Wildman–Crippen LogP) is -1.43. The Balaban J connectivity index is 0.000000364. The molecule has 5 N–H and O–H groups in total. The molecule has 14 heavy (non-hydrogen) atoms. The second-order valence-corrected chi connectivity index (χ2v) is 2.41. The first kappa shape index (κ1) is 11.9. The predicted molar refractivity (Wildman–Crippen MR) is 50.3 cm³/mol. The van der Waals surface area contributed by atoms with Gasteiger partial charge in [-0.1, -0.05) is 10.4 Å². The highest BCUT2D eigenvalue weighted by Crippen LogP contribution is 1.77. The topological polar surface area (TPSA) is 132 Å². The molecule has 0 saturated heterocycles. The van der Waals surface area contributed by atoms with E-state index in [0.717, 1.165) is 0 Å². The SMILES string of the molecule is Cc1cn(C)c(=O)[nH]c1=O.N/N=N/N. The van der Waals surface area contributed by atoms with Gasteiger partial charge in [-0.3, -0.25) is 9.78 Å². The second-order valence-electron chi connectivity index (χ2n) is 2.41. The monoisotopic (exact) mass is 200 g/mol. The number of aromatic nitrogens is 2. The Morgan fingerprint density at radius 3 is 2.21 bits per heavy atom. The van der Waals surface area contributed by atoms with Gasteiger partial charge < -0.3 is 16.3 Å². The molecule has 1 heterocycles. The number of nitrogens with one attached hydrogen (secondary N) is 1. The van der Waals surface area contributed by atoms with Crippen LogP contribution in [-0.4, -0.2) is 9.55 Å². The molecular weight excluding hydrogens is 188 g/mol. The van der Waals surface area contributed by atoms with E-state index < -0.39 is 0 Å². The van der Waals surface area contributed by atoms with Crippen molar-refractivity contribution >= 4 is 0 Å². The zero-order valence-corrected chi connectivity index (χ0v) is 7.89. The van der Waals surface area contributed by atoms with Crippen molar-refractivity contribution in [2.75, 3.05) is 0 Å². The molecule has 0 radical (unpaired) electrons. The summed E-state index contributed by atoms with van der Waals surface area (Å²) in [5.74, 6) is 8.72. The van der Waals surface area contributed by atoms with Gasteiger partial charge in [0, 0.05) is 18.8 Å². The van der Waals surface area contributed by atoms with Crippen LogP contribution in [0.3, 0.4) is 0 Å². The molecule has 0 fully saturated rings. The molecular formula is C6H12N6O2. The summed E-state index contributed by atoms with van der Waals surface area (Å²) in [7, 11) is 1.59. The molecule has 0 spiro atoms. The molecule has 0 unspecified atom stereocenters. The highest BCUT2D eigenvalue weighted by molar-refractivity contribution is 4.99. The minimum absolute atomic E-state index is 0.317. The summed E-state index contributed by atoms with van der Waals surface area (Å²) in [6.45, 7) is 1.65. The van der Waals surface area contributed by atoms with Crippen LogP contribution in [0.5, 0.6) is 0 Å². The Hall–Kier alpha value is -2.12. The summed E-state index contributed by atoms with van der Waals surface area (Å²) >= 11 is 0. The number of hydrogen-bond donors (Lipinski definition) is 3. The largest absolute Gasteiger partial charge is 0.328 e. The van der Waals surface area contributed by atoms with Crippen molar-refractivity contribution in [2.24, 2.45) is 29.2 Å². The summed E-state index contributed by atoms with van der Waals surface area (Å²) in [6, 6.07) is 0. The van der Waals surface area contributed by atoms with Gasteiger partial charge in [-0.25, -0.2) is 4.79 Å². The Labute approximate surface area is 79.2 Å². The molecule has 0 atom stereocenters. The van der Waals surface area contributed by atoms with Gasteiger partial charge in [0.25, 0.3) is 5.56 Å². The summed E-state index contributed by atoms with van der Waals surface area (Å²) in [6.07, 6.45) is 1.50. The number of rotatable bonds is 0. The van der Waals surface area contributed by atoms with Crippen LogP contribution in [0, 0.1) is 6.92 Å². The fraction of sp³-hybridized carbons (Fsp3) is 0.333. The van der Waals surface area contributed by atoms with Crippen molar-refractivity contribution in [2.45, 2.75) is 6.92 Å². The van der Waals surface area contributed by atoms with E-state index in [-0.39, 0.29) is 11.2 Å². The molecule has 1 aromatic heterocycles. The standard InChI is InChI=1S/C6H8N2O2.H4N4/c1-4-3-8(2)6(10)7-5(4)9;1-3-4-2/h3H,1-2H3,(H,7,9,10);(H2,1,4)(H2,2,3). The van der Waals surface area contributed by atoms with E-state index in [2.05, 4.69) is 27.1 Å². The van der Waals surface area contributed by atoms with E-state index in [9.17, 15) is 9.59 Å². The minimum atomic E-state index is -0.379. The van der Waals surface area contributed by atoms with Gasteiger partial charge in [-0.05, 0) is 6.92 Å². The molecule has 0 bridgehead atoms. The lowest BCUT2D eigenvalue weighted by Crippen LogP contribution is -2.28. The third-order valence-electron chi connectivity index (χ3n) is 1.35. The summed E-state index contributed by atoms with van der Waals surface area (Å²) < 4.78 is 1.33. The third kappa shape index (κ3) is 3.52.